The minimum Gasteiger partial charge on any atom is -0.333 e. The number of hydrogen-bond acceptors (Lipinski definition) is 5. The van der Waals surface area contributed by atoms with Gasteiger partial charge in [-0.15, -0.1) is 5.10 Å². The first-order valence-electron chi connectivity index (χ1n) is 11.4. The second-order valence-electron chi connectivity index (χ2n) is 8.58. The first kappa shape index (κ1) is 20.3. The molecule has 0 radical (unpaired) electrons. The molecule has 1 aliphatic rings. The molecule has 0 aliphatic carbocycles. The maximum atomic E-state index is 13.4. The molecule has 1 amide bonds. The zero-order chi connectivity index (χ0) is 23.2. The molecule has 0 spiro atoms. The molecule has 6 rings (SSSR count). The molecule has 1 saturated heterocycles. The van der Waals surface area contributed by atoms with Gasteiger partial charge in [-0.2, -0.15) is 0 Å². The van der Waals surface area contributed by atoms with Crippen molar-refractivity contribution in [3.05, 3.63) is 83.0 Å². The van der Waals surface area contributed by atoms with Crippen LogP contribution in [0.2, 0.25) is 0 Å². The highest BCUT2D eigenvalue weighted by molar-refractivity contribution is 5.98. The number of aryl methyl sites for hydroxylation is 1. The summed E-state index contributed by atoms with van der Waals surface area (Å²) in [6.45, 7) is 3.74. The summed E-state index contributed by atoms with van der Waals surface area (Å²) in [7, 11) is 0. The third-order valence-corrected chi connectivity index (χ3v) is 6.35. The topological polar surface area (TPSA) is 90.3 Å². The maximum Gasteiger partial charge on any atom is 0.270 e. The third-order valence-electron chi connectivity index (χ3n) is 6.35. The molecule has 170 valence electrons. The van der Waals surface area contributed by atoms with E-state index in [1.807, 2.05) is 58.8 Å². The fourth-order valence-corrected chi connectivity index (χ4v) is 4.53. The molecular formula is C25H23N7O2. The average Bonchev–Trinajstić information content (AvgIpc) is 3.45. The molecule has 1 aromatic carbocycles. The lowest BCUT2D eigenvalue weighted by atomic mass is 10.1. The van der Waals surface area contributed by atoms with Gasteiger partial charge in [0.2, 0.25) is 0 Å². The Labute approximate surface area is 194 Å². The number of amides is 1. The number of carbonyl (C=O) groups excluding carboxylic acids is 1. The van der Waals surface area contributed by atoms with E-state index in [9.17, 15) is 9.59 Å². The molecule has 34 heavy (non-hydrogen) atoms. The molecule has 0 bridgehead atoms. The van der Waals surface area contributed by atoms with Crippen LogP contribution < -0.4 is 5.56 Å². The van der Waals surface area contributed by atoms with Gasteiger partial charge in [-0.1, -0.05) is 48.5 Å². The van der Waals surface area contributed by atoms with Gasteiger partial charge in [-0.25, -0.2) is 9.67 Å². The summed E-state index contributed by atoms with van der Waals surface area (Å²) < 4.78 is 5.22. The zero-order valence-electron chi connectivity index (χ0n) is 18.7. The lowest BCUT2D eigenvalue weighted by Crippen LogP contribution is -2.51. The molecule has 5 aromatic rings. The van der Waals surface area contributed by atoms with Gasteiger partial charge in [0.15, 0.2) is 0 Å². The summed E-state index contributed by atoms with van der Waals surface area (Å²) >= 11 is 0. The standard InChI is InChI=1S/C25H23N7O2/c1-2-11-30-21(13-19-23(30)26-22-10-6-7-12-31(22)24(19)33)25(34)29-14-18(15-29)32-16-20(27-28-32)17-8-4-3-5-9-17/h3-10,12-13,16,18H,2,11,14-15H2,1H3. The van der Waals surface area contributed by atoms with Crippen molar-refractivity contribution in [2.45, 2.75) is 25.9 Å². The molecule has 4 aromatic heterocycles. The summed E-state index contributed by atoms with van der Waals surface area (Å²) in [4.78, 5) is 33.0. The Hall–Kier alpha value is -4.27. The van der Waals surface area contributed by atoms with Crippen LogP contribution in [0.4, 0.5) is 0 Å². The van der Waals surface area contributed by atoms with Crippen molar-refractivity contribution in [3.63, 3.8) is 0 Å². The predicted molar refractivity (Wildman–Crippen MR) is 128 cm³/mol. The van der Waals surface area contributed by atoms with Gasteiger partial charge in [0.1, 0.15) is 22.7 Å². The highest BCUT2D eigenvalue weighted by Crippen LogP contribution is 2.26. The summed E-state index contributed by atoms with van der Waals surface area (Å²) in [6, 6.07) is 17.1. The smallest absolute Gasteiger partial charge is 0.270 e. The first-order valence-corrected chi connectivity index (χ1v) is 11.4. The highest BCUT2D eigenvalue weighted by Gasteiger charge is 2.35. The first-order chi connectivity index (χ1) is 16.6. The van der Waals surface area contributed by atoms with Crippen LogP contribution in [0.1, 0.15) is 29.9 Å². The number of rotatable bonds is 5. The van der Waals surface area contributed by atoms with E-state index in [-0.39, 0.29) is 17.5 Å². The molecule has 0 unspecified atom stereocenters. The van der Waals surface area contributed by atoms with Crippen molar-refractivity contribution in [1.82, 2.24) is 33.8 Å². The van der Waals surface area contributed by atoms with Gasteiger partial charge in [0.05, 0.1) is 17.6 Å². The van der Waals surface area contributed by atoms with Crippen LogP contribution in [0.3, 0.4) is 0 Å². The van der Waals surface area contributed by atoms with Gasteiger partial charge >= 0.3 is 0 Å². The number of pyridine rings is 1. The Balaban J connectivity index is 1.28. The van der Waals surface area contributed by atoms with E-state index in [1.165, 1.54) is 4.40 Å². The van der Waals surface area contributed by atoms with E-state index in [2.05, 4.69) is 10.3 Å². The summed E-state index contributed by atoms with van der Waals surface area (Å²) in [5.74, 6) is -0.0976. The predicted octanol–water partition coefficient (Wildman–Crippen LogP) is 3.01. The van der Waals surface area contributed by atoms with Gasteiger partial charge in [-0.3, -0.25) is 14.0 Å². The van der Waals surface area contributed by atoms with E-state index in [1.54, 1.807) is 29.3 Å². The summed E-state index contributed by atoms with van der Waals surface area (Å²) in [6.07, 6.45) is 4.45. The number of likely N-dealkylation sites (tertiary alicyclic amines) is 1. The normalized spacial score (nSPS) is 14.1. The molecule has 9 nitrogen and oxygen atoms in total. The zero-order valence-corrected chi connectivity index (χ0v) is 18.7. The Morgan fingerprint density at radius 3 is 2.68 bits per heavy atom. The molecule has 5 heterocycles. The fraction of sp³-hybridized carbons (Fsp3) is 0.240. The maximum absolute atomic E-state index is 13.4. The second kappa shape index (κ2) is 7.95. The van der Waals surface area contributed by atoms with Crippen LogP contribution >= 0.6 is 0 Å². The molecule has 0 saturated carbocycles. The molecule has 0 atom stereocenters. The second-order valence-corrected chi connectivity index (χ2v) is 8.58. The number of fused-ring (bicyclic) bond motifs is 2. The number of hydrogen-bond donors (Lipinski definition) is 0. The number of carbonyl (C=O) groups is 1. The summed E-state index contributed by atoms with van der Waals surface area (Å²) in [5, 5.41) is 9.02. The van der Waals surface area contributed by atoms with Crippen molar-refractivity contribution < 1.29 is 4.79 Å². The molecule has 1 aliphatic heterocycles. The van der Waals surface area contributed by atoms with E-state index >= 15 is 0 Å². The Kier molecular flexibility index (Phi) is 4.75. The van der Waals surface area contributed by atoms with E-state index < -0.39 is 0 Å². The van der Waals surface area contributed by atoms with E-state index in [0.717, 1.165) is 17.7 Å². The number of benzene rings is 1. The van der Waals surface area contributed by atoms with Crippen LogP contribution in [0.15, 0.2) is 71.8 Å². The third kappa shape index (κ3) is 3.20. The van der Waals surface area contributed by atoms with Crippen LogP contribution in [-0.2, 0) is 6.54 Å². The average molecular weight is 454 g/mol. The largest absolute Gasteiger partial charge is 0.333 e. The minimum absolute atomic E-state index is 0.0734. The molecular weight excluding hydrogens is 430 g/mol. The van der Waals surface area contributed by atoms with Crippen LogP contribution in [0.5, 0.6) is 0 Å². The lowest BCUT2D eigenvalue weighted by molar-refractivity contribution is 0.0488. The van der Waals surface area contributed by atoms with Crippen molar-refractivity contribution in [1.29, 1.82) is 0 Å². The molecule has 1 fully saturated rings. The SMILES string of the molecule is CCCn1c(C(=O)N2CC(n3cc(-c4ccccc4)nn3)C2)cc2c(=O)n3ccccc3nc21. The van der Waals surface area contributed by atoms with Crippen molar-refractivity contribution in [3.8, 4) is 11.3 Å². The Morgan fingerprint density at radius 2 is 1.88 bits per heavy atom. The van der Waals surface area contributed by atoms with Crippen molar-refractivity contribution in [2.75, 3.05) is 13.1 Å². The fourth-order valence-electron chi connectivity index (χ4n) is 4.53. The van der Waals surface area contributed by atoms with Crippen LogP contribution in [-0.4, -0.2) is 52.8 Å². The highest BCUT2D eigenvalue weighted by atomic mass is 16.2. The summed E-state index contributed by atoms with van der Waals surface area (Å²) in [5.41, 5.74) is 3.28. The van der Waals surface area contributed by atoms with Gasteiger partial charge < -0.3 is 9.47 Å². The van der Waals surface area contributed by atoms with E-state index in [4.69, 9.17) is 4.98 Å². The van der Waals surface area contributed by atoms with Gasteiger partial charge in [-0.05, 0) is 24.6 Å². The number of aromatic nitrogens is 6. The van der Waals surface area contributed by atoms with Crippen LogP contribution in [0, 0.1) is 0 Å². The van der Waals surface area contributed by atoms with E-state index in [0.29, 0.717) is 42.0 Å². The Bertz CT molecular complexity index is 1580. The molecule has 0 N–H and O–H groups in total. The minimum atomic E-state index is -0.165. The quantitative estimate of drug-likeness (QED) is 0.408. The van der Waals surface area contributed by atoms with Crippen LogP contribution in [0.25, 0.3) is 27.9 Å². The lowest BCUT2D eigenvalue weighted by Gasteiger charge is -2.38. The molecule has 9 heteroatoms. The van der Waals surface area contributed by atoms with Gasteiger partial charge in [0.25, 0.3) is 11.5 Å². The Morgan fingerprint density at radius 1 is 1.09 bits per heavy atom. The number of nitrogens with zero attached hydrogens (tertiary/aromatic N) is 7. The van der Waals surface area contributed by atoms with Crippen molar-refractivity contribution in [2.24, 2.45) is 0 Å². The van der Waals surface area contributed by atoms with Crippen molar-refractivity contribution >= 4 is 22.6 Å². The monoisotopic (exact) mass is 453 g/mol. The van der Waals surface area contributed by atoms with Gasteiger partial charge in [0, 0.05) is 31.4 Å².